The van der Waals surface area contributed by atoms with Crippen molar-refractivity contribution in [2.24, 2.45) is 4.99 Å². The van der Waals surface area contributed by atoms with Crippen molar-refractivity contribution in [1.29, 1.82) is 0 Å². The molecular weight excluding hydrogens is 341 g/mol. The number of hydrogen-bond acceptors (Lipinski definition) is 5. The van der Waals surface area contributed by atoms with Crippen LogP contribution >= 0.6 is 0 Å². The largest absolute Gasteiger partial charge is 0.573 e. The molecule has 0 unspecified atom stereocenters. The predicted molar refractivity (Wildman–Crippen MR) is 84.8 cm³/mol. The van der Waals surface area contributed by atoms with Crippen LogP contribution in [-0.2, 0) is 0 Å². The fraction of sp³-hybridized carbons (Fsp3) is 0.188. The quantitative estimate of drug-likeness (QED) is 0.448. The molecule has 132 valence electrons. The molecule has 9 heteroatoms. The molecule has 0 aliphatic rings. The smallest absolute Gasteiger partial charge is 0.496 e. The fourth-order valence-electron chi connectivity index (χ4n) is 2.03. The van der Waals surface area contributed by atoms with E-state index in [0.29, 0.717) is 5.56 Å². The Morgan fingerprint density at radius 3 is 2.52 bits per heavy atom. The summed E-state index contributed by atoms with van der Waals surface area (Å²) in [7, 11) is 1.35. The van der Waals surface area contributed by atoms with Crippen LogP contribution in [0.5, 0.6) is 11.5 Å². The highest BCUT2D eigenvalue weighted by molar-refractivity contribution is 5.86. The molecule has 25 heavy (non-hydrogen) atoms. The normalized spacial score (nSPS) is 11.6. The molecule has 0 saturated heterocycles. The Labute approximate surface area is 140 Å². The lowest BCUT2D eigenvalue weighted by Gasteiger charge is -2.11. The molecule has 0 amide bonds. The number of aryl methyl sites for hydroxylation is 1. The molecule has 2 rings (SSSR count). The van der Waals surface area contributed by atoms with Crippen molar-refractivity contribution in [3.8, 4) is 11.5 Å². The Balaban J connectivity index is 2.35. The Bertz CT molecular complexity index is 820. The predicted octanol–water partition coefficient (Wildman–Crippen LogP) is 4.56. The van der Waals surface area contributed by atoms with Crippen molar-refractivity contribution in [3.63, 3.8) is 0 Å². The summed E-state index contributed by atoms with van der Waals surface area (Å²) in [6.45, 7) is 1.59. The lowest BCUT2D eigenvalue weighted by Crippen LogP contribution is -2.17. The van der Waals surface area contributed by atoms with Crippen LogP contribution in [0.1, 0.15) is 11.1 Å². The number of alkyl halides is 3. The van der Waals surface area contributed by atoms with E-state index in [-0.39, 0.29) is 22.7 Å². The van der Waals surface area contributed by atoms with Gasteiger partial charge in [-0.1, -0.05) is 6.07 Å². The Hall–Kier alpha value is -3.10. The lowest BCUT2D eigenvalue weighted by molar-refractivity contribution is -0.385. The van der Waals surface area contributed by atoms with Crippen molar-refractivity contribution >= 4 is 17.6 Å². The molecular formula is C16H13F3N2O4. The number of aliphatic imine (C=N–C) groups is 1. The Morgan fingerprint density at radius 2 is 1.92 bits per heavy atom. The minimum absolute atomic E-state index is 0.101. The summed E-state index contributed by atoms with van der Waals surface area (Å²) in [6.07, 6.45) is -3.57. The number of rotatable bonds is 5. The maximum atomic E-state index is 12.3. The molecule has 0 N–H and O–H groups in total. The summed E-state index contributed by atoms with van der Waals surface area (Å²) in [5.41, 5.74) is 0.881. The van der Waals surface area contributed by atoms with E-state index in [1.807, 2.05) is 0 Å². The zero-order chi connectivity index (χ0) is 18.6. The van der Waals surface area contributed by atoms with Crippen molar-refractivity contribution in [2.45, 2.75) is 13.3 Å². The summed E-state index contributed by atoms with van der Waals surface area (Å²) in [4.78, 5) is 14.5. The molecule has 0 radical (unpaired) electrons. The number of hydrogen-bond donors (Lipinski definition) is 0. The lowest BCUT2D eigenvalue weighted by atomic mass is 10.2. The van der Waals surface area contributed by atoms with Gasteiger partial charge in [0.25, 0.3) is 5.69 Å². The summed E-state index contributed by atoms with van der Waals surface area (Å²) < 4.78 is 45.9. The van der Waals surface area contributed by atoms with Gasteiger partial charge < -0.3 is 9.47 Å². The van der Waals surface area contributed by atoms with Crippen LogP contribution in [0.15, 0.2) is 41.4 Å². The highest BCUT2D eigenvalue weighted by Crippen LogP contribution is 2.29. The van der Waals surface area contributed by atoms with E-state index in [1.54, 1.807) is 13.0 Å². The van der Waals surface area contributed by atoms with E-state index < -0.39 is 17.0 Å². The first-order chi connectivity index (χ1) is 11.7. The average molecular weight is 354 g/mol. The SMILES string of the molecule is COc1ccc(OC(F)(F)F)cc1C=Nc1ccc(C)c([N+](=O)[O-])c1. The molecule has 0 bridgehead atoms. The van der Waals surface area contributed by atoms with E-state index in [2.05, 4.69) is 9.73 Å². The fourth-order valence-corrected chi connectivity index (χ4v) is 2.03. The second-order valence-electron chi connectivity index (χ2n) is 4.94. The van der Waals surface area contributed by atoms with E-state index in [4.69, 9.17) is 4.74 Å². The maximum absolute atomic E-state index is 12.3. The van der Waals surface area contributed by atoms with E-state index in [0.717, 1.165) is 12.1 Å². The molecule has 0 spiro atoms. The van der Waals surface area contributed by atoms with Gasteiger partial charge in [-0.2, -0.15) is 0 Å². The second kappa shape index (κ2) is 7.20. The van der Waals surface area contributed by atoms with Crippen molar-refractivity contribution < 1.29 is 27.6 Å². The highest BCUT2D eigenvalue weighted by Gasteiger charge is 2.31. The number of nitro benzene ring substituents is 1. The van der Waals surface area contributed by atoms with E-state index in [1.165, 1.54) is 31.5 Å². The number of benzene rings is 2. The zero-order valence-electron chi connectivity index (χ0n) is 13.2. The first kappa shape index (κ1) is 18.2. The van der Waals surface area contributed by atoms with Crippen LogP contribution in [-0.4, -0.2) is 24.6 Å². The van der Waals surface area contributed by atoms with Crippen LogP contribution < -0.4 is 9.47 Å². The number of halogens is 3. The molecule has 2 aromatic rings. The van der Waals surface area contributed by atoms with Crippen molar-refractivity contribution in [3.05, 3.63) is 57.6 Å². The van der Waals surface area contributed by atoms with Crippen LogP contribution in [0.3, 0.4) is 0 Å². The third kappa shape index (κ3) is 4.93. The van der Waals surface area contributed by atoms with Gasteiger partial charge in [0.05, 0.1) is 17.7 Å². The summed E-state index contributed by atoms with van der Waals surface area (Å²) in [5.74, 6) is -0.149. The number of ether oxygens (including phenoxy) is 2. The van der Waals surface area contributed by atoms with Crippen LogP contribution in [0.2, 0.25) is 0 Å². The maximum Gasteiger partial charge on any atom is 0.573 e. The van der Waals surface area contributed by atoms with Gasteiger partial charge in [0.2, 0.25) is 0 Å². The van der Waals surface area contributed by atoms with Crippen LogP contribution in [0.25, 0.3) is 0 Å². The van der Waals surface area contributed by atoms with Gasteiger partial charge in [-0.15, -0.1) is 13.2 Å². The summed E-state index contributed by atoms with van der Waals surface area (Å²) in [6, 6.07) is 7.89. The molecule has 0 heterocycles. The van der Waals surface area contributed by atoms with Gasteiger partial charge in [0, 0.05) is 23.4 Å². The first-order valence-electron chi connectivity index (χ1n) is 6.92. The molecule has 0 atom stereocenters. The zero-order valence-corrected chi connectivity index (χ0v) is 13.2. The minimum atomic E-state index is -4.82. The van der Waals surface area contributed by atoms with Crippen molar-refractivity contribution in [1.82, 2.24) is 0 Å². The summed E-state index contributed by atoms with van der Waals surface area (Å²) in [5, 5.41) is 10.9. The van der Waals surface area contributed by atoms with E-state index >= 15 is 0 Å². The van der Waals surface area contributed by atoms with Gasteiger partial charge in [-0.3, -0.25) is 15.1 Å². The molecule has 0 aliphatic heterocycles. The van der Waals surface area contributed by atoms with Gasteiger partial charge >= 0.3 is 6.36 Å². The molecule has 0 saturated carbocycles. The van der Waals surface area contributed by atoms with Gasteiger partial charge in [0.1, 0.15) is 11.5 Å². The topological polar surface area (TPSA) is 74.0 Å². The van der Waals surface area contributed by atoms with Gasteiger partial charge in [-0.05, 0) is 31.2 Å². The molecule has 0 fully saturated rings. The molecule has 0 aromatic heterocycles. The Kier molecular flexibility index (Phi) is 5.26. The minimum Gasteiger partial charge on any atom is -0.496 e. The third-order valence-electron chi connectivity index (χ3n) is 3.18. The van der Waals surface area contributed by atoms with E-state index in [9.17, 15) is 23.3 Å². The Morgan fingerprint density at radius 1 is 1.20 bits per heavy atom. The molecule has 0 aliphatic carbocycles. The number of nitrogens with zero attached hydrogens (tertiary/aromatic N) is 2. The number of nitro groups is 1. The average Bonchev–Trinajstić information content (AvgIpc) is 2.52. The third-order valence-corrected chi connectivity index (χ3v) is 3.18. The highest BCUT2D eigenvalue weighted by atomic mass is 19.4. The summed E-state index contributed by atoms with van der Waals surface area (Å²) >= 11 is 0. The van der Waals surface area contributed by atoms with Crippen LogP contribution in [0.4, 0.5) is 24.5 Å². The van der Waals surface area contributed by atoms with Gasteiger partial charge in [-0.25, -0.2) is 0 Å². The van der Waals surface area contributed by atoms with Gasteiger partial charge in [0.15, 0.2) is 0 Å². The molecule has 2 aromatic carbocycles. The van der Waals surface area contributed by atoms with Crippen LogP contribution in [0, 0.1) is 17.0 Å². The first-order valence-corrected chi connectivity index (χ1v) is 6.92. The monoisotopic (exact) mass is 354 g/mol. The van der Waals surface area contributed by atoms with Crippen molar-refractivity contribution in [2.75, 3.05) is 7.11 Å². The number of methoxy groups -OCH3 is 1. The standard InChI is InChI=1S/C16H13F3N2O4/c1-10-3-4-12(8-14(10)21(22)23)20-9-11-7-13(25-16(17,18)19)5-6-15(11)24-2/h3-9H,1-2H3. The second-order valence-corrected chi connectivity index (χ2v) is 4.94. The molecule has 6 nitrogen and oxygen atoms in total.